The van der Waals surface area contributed by atoms with E-state index in [1.807, 2.05) is 6.07 Å². The fraction of sp³-hybridized carbons (Fsp3) is 0.583. The molecule has 1 aromatic heterocycles. The van der Waals surface area contributed by atoms with E-state index in [1.165, 1.54) is 6.07 Å². The van der Waals surface area contributed by atoms with Gasteiger partial charge in [0.05, 0.1) is 0 Å². The van der Waals surface area contributed by atoms with Crippen LogP contribution in [0.3, 0.4) is 0 Å². The van der Waals surface area contributed by atoms with Crippen molar-refractivity contribution in [2.24, 2.45) is 5.92 Å². The predicted octanol–water partition coefficient (Wildman–Crippen LogP) is 3.09. The Balaban J connectivity index is 2.88. The van der Waals surface area contributed by atoms with E-state index in [0.717, 1.165) is 12.4 Å². The summed E-state index contributed by atoms with van der Waals surface area (Å²) in [5.41, 5.74) is 0. The zero-order chi connectivity index (χ0) is 11.4. The molecule has 2 nitrogen and oxygen atoms in total. The molecule has 0 saturated carbocycles. The molecule has 1 heterocycles. The Morgan fingerprint density at radius 1 is 1.27 bits per heavy atom. The molecule has 0 aliphatic rings. The van der Waals surface area contributed by atoms with Crippen LogP contribution in [0, 0.1) is 11.9 Å². The molecule has 0 aliphatic carbocycles. The molecule has 1 rings (SSSR count). The molecule has 0 saturated heterocycles. The first-order chi connectivity index (χ1) is 7.00. The molecule has 0 bridgehead atoms. The second-order valence-corrected chi connectivity index (χ2v) is 4.46. The maximum atomic E-state index is 13.0. The monoisotopic (exact) mass is 210 g/mol. The lowest BCUT2D eigenvalue weighted by molar-refractivity contribution is 0.547. The topological polar surface area (TPSA) is 16.1 Å². The first-order valence-electron chi connectivity index (χ1n) is 5.40. The quantitative estimate of drug-likeness (QED) is 0.710. The van der Waals surface area contributed by atoms with Gasteiger partial charge in [-0.15, -0.1) is 0 Å². The zero-order valence-electron chi connectivity index (χ0n) is 9.87. The predicted molar refractivity (Wildman–Crippen MR) is 61.5 cm³/mol. The van der Waals surface area contributed by atoms with Crippen molar-refractivity contribution in [3.8, 4) is 0 Å². The lowest BCUT2D eigenvalue weighted by atomic mass is 10.2. The Bertz CT molecular complexity index is 310. The van der Waals surface area contributed by atoms with Crippen LogP contribution in [-0.4, -0.2) is 17.6 Å². The summed E-state index contributed by atoms with van der Waals surface area (Å²) in [7, 11) is 0. The van der Waals surface area contributed by atoms with Crippen molar-refractivity contribution < 1.29 is 4.39 Å². The molecule has 0 radical (unpaired) electrons. The van der Waals surface area contributed by atoms with Crippen LogP contribution in [0.2, 0.25) is 0 Å². The summed E-state index contributed by atoms with van der Waals surface area (Å²) in [6.07, 6.45) is 0. The standard InChI is InChI=1S/C12H19FN2/c1-9(2)8-15(10(3)4)12-7-5-6-11(13)14-12/h5-7,9-10H,8H2,1-4H3. The highest BCUT2D eigenvalue weighted by Gasteiger charge is 2.13. The van der Waals surface area contributed by atoms with Gasteiger partial charge < -0.3 is 4.90 Å². The summed E-state index contributed by atoms with van der Waals surface area (Å²) in [4.78, 5) is 6.03. The first-order valence-corrected chi connectivity index (χ1v) is 5.40. The van der Waals surface area contributed by atoms with Crippen molar-refractivity contribution in [3.63, 3.8) is 0 Å². The van der Waals surface area contributed by atoms with E-state index in [-0.39, 0.29) is 0 Å². The highest BCUT2D eigenvalue weighted by Crippen LogP contribution is 2.16. The fourth-order valence-corrected chi connectivity index (χ4v) is 1.52. The molecule has 0 aliphatic heterocycles. The van der Waals surface area contributed by atoms with Crippen molar-refractivity contribution in [1.82, 2.24) is 4.98 Å². The molecule has 3 heteroatoms. The van der Waals surface area contributed by atoms with Gasteiger partial charge in [-0.2, -0.15) is 4.39 Å². The third-order valence-electron chi connectivity index (χ3n) is 2.18. The molecule has 0 atom stereocenters. The Morgan fingerprint density at radius 3 is 2.40 bits per heavy atom. The van der Waals surface area contributed by atoms with Crippen LogP contribution in [0.1, 0.15) is 27.7 Å². The van der Waals surface area contributed by atoms with Crippen LogP contribution in [0.15, 0.2) is 18.2 Å². The zero-order valence-corrected chi connectivity index (χ0v) is 9.87. The maximum absolute atomic E-state index is 13.0. The molecular weight excluding hydrogens is 191 g/mol. The average molecular weight is 210 g/mol. The summed E-state index contributed by atoms with van der Waals surface area (Å²) in [6, 6.07) is 5.26. The van der Waals surface area contributed by atoms with Crippen LogP contribution in [0.5, 0.6) is 0 Å². The van der Waals surface area contributed by atoms with E-state index in [0.29, 0.717) is 12.0 Å². The molecule has 0 N–H and O–H groups in total. The molecule has 0 spiro atoms. The van der Waals surface area contributed by atoms with Crippen LogP contribution >= 0.6 is 0 Å². The molecule has 0 aromatic carbocycles. The molecule has 0 unspecified atom stereocenters. The van der Waals surface area contributed by atoms with Gasteiger partial charge in [-0.05, 0) is 31.9 Å². The van der Waals surface area contributed by atoms with Gasteiger partial charge in [0.15, 0.2) is 0 Å². The summed E-state index contributed by atoms with van der Waals surface area (Å²) in [5, 5.41) is 0. The Morgan fingerprint density at radius 2 is 1.93 bits per heavy atom. The average Bonchev–Trinajstić information content (AvgIpc) is 2.13. The number of anilines is 1. The Kier molecular flexibility index (Phi) is 4.06. The minimum Gasteiger partial charge on any atom is -0.354 e. The number of hydrogen-bond donors (Lipinski definition) is 0. The fourth-order valence-electron chi connectivity index (χ4n) is 1.52. The molecule has 1 aromatic rings. The van der Waals surface area contributed by atoms with Crippen molar-refractivity contribution in [2.75, 3.05) is 11.4 Å². The summed E-state index contributed by atoms with van der Waals surface area (Å²) in [6.45, 7) is 9.38. The number of pyridine rings is 1. The third kappa shape index (κ3) is 3.50. The normalized spacial score (nSPS) is 11.1. The largest absolute Gasteiger partial charge is 0.354 e. The van der Waals surface area contributed by atoms with E-state index in [1.54, 1.807) is 6.07 Å². The minimum atomic E-state index is -0.415. The van der Waals surface area contributed by atoms with Gasteiger partial charge in [-0.3, -0.25) is 0 Å². The van der Waals surface area contributed by atoms with Crippen molar-refractivity contribution in [1.29, 1.82) is 0 Å². The Labute approximate surface area is 91.1 Å². The van der Waals surface area contributed by atoms with Crippen molar-refractivity contribution in [2.45, 2.75) is 33.7 Å². The van der Waals surface area contributed by atoms with E-state index in [4.69, 9.17) is 0 Å². The van der Waals surface area contributed by atoms with E-state index in [9.17, 15) is 4.39 Å². The van der Waals surface area contributed by atoms with Crippen LogP contribution in [0.25, 0.3) is 0 Å². The lowest BCUT2D eigenvalue weighted by Crippen LogP contribution is -2.34. The summed E-state index contributed by atoms with van der Waals surface area (Å²) < 4.78 is 13.0. The van der Waals surface area contributed by atoms with Crippen LogP contribution in [-0.2, 0) is 0 Å². The van der Waals surface area contributed by atoms with Gasteiger partial charge >= 0.3 is 0 Å². The van der Waals surface area contributed by atoms with E-state index < -0.39 is 5.95 Å². The van der Waals surface area contributed by atoms with E-state index in [2.05, 4.69) is 37.6 Å². The second-order valence-electron chi connectivity index (χ2n) is 4.46. The number of rotatable bonds is 4. The highest BCUT2D eigenvalue weighted by atomic mass is 19.1. The highest BCUT2D eigenvalue weighted by molar-refractivity contribution is 5.38. The van der Waals surface area contributed by atoms with Gasteiger partial charge in [-0.25, -0.2) is 4.98 Å². The van der Waals surface area contributed by atoms with Gasteiger partial charge in [-0.1, -0.05) is 19.9 Å². The summed E-state index contributed by atoms with van der Waals surface area (Å²) in [5.74, 6) is 0.845. The number of halogens is 1. The molecule has 15 heavy (non-hydrogen) atoms. The van der Waals surface area contributed by atoms with Crippen LogP contribution < -0.4 is 4.90 Å². The molecular formula is C12H19FN2. The van der Waals surface area contributed by atoms with Gasteiger partial charge in [0.25, 0.3) is 0 Å². The van der Waals surface area contributed by atoms with Crippen molar-refractivity contribution in [3.05, 3.63) is 24.1 Å². The number of nitrogens with zero attached hydrogens (tertiary/aromatic N) is 2. The minimum absolute atomic E-state index is 0.335. The second kappa shape index (κ2) is 5.10. The first kappa shape index (κ1) is 12.0. The summed E-state index contributed by atoms with van der Waals surface area (Å²) >= 11 is 0. The molecule has 0 amide bonds. The maximum Gasteiger partial charge on any atom is 0.214 e. The third-order valence-corrected chi connectivity index (χ3v) is 2.18. The SMILES string of the molecule is CC(C)CN(c1cccc(F)n1)C(C)C. The Hall–Kier alpha value is -1.12. The smallest absolute Gasteiger partial charge is 0.214 e. The molecule has 84 valence electrons. The van der Waals surface area contributed by atoms with Crippen LogP contribution in [0.4, 0.5) is 10.2 Å². The molecule has 0 fully saturated rings. The van der Waals surface area contributed by atoms with E-state index >= 15 is 0 Å². The van der Waals surface area contributed by atoms with Gasteiger partial charge in [0, 0.05) is 12.6 Å². The van der Waals surface area contributed by atoms with Gasteiger partial charge in [0.1, 0.15) is 5.82 Å². The van der Waals surface area contributed by atoms with Crippen molar-refractivity contribution >= 4 is 5.82 Å². The lowest BCUT2D eigenvalue weighted by Gasteiger charge is -2.29. The number of hydrogen-bond acceptors (Lipinski definition) is 2. The number of aromatic nitrogens is 1. The van der Waals surface area contributed by atoms with Gasteiger partial charge in [0.2, 0.25) is 5.95 Å².